The van der Waals surface area contributed by atoms with Crippen LogP contribution < -0.4 is 0 Å². The predicted molar refractivity (Wildman–Crippen MR) is 35.5 cm³/mol. The predicted octanol–water partition coefficient (Wildman–Crippen LogP) is -0.541. The van der Waals surface area contributed by atoms with E-state index in [0.29, 0.717) is 0 Å². The van der Waals surface area contributed by atoms with E-state index >= 15 is 0 Å². The van der Waals surface area contributed by atoms with Crippen molar-refractivity contribution in [3.05, 3.63) is 0 Å². The van der Waals surface area contributed by atoms with Crippen molar-refractivity contribution in [3.8, 4) is 0 Å². The molecule has 1 heterocycles. The molecule has 1 fully saturated rings. The first-order valence-electron chi connectivity index (χ1n) is 2.89. The van der Waals surface area contributed by atoms with Crippen LogP contribution in [0.1, 0.15) is 0 Å². The van der Waals surface area contributed by atoms with E-state index < -0.39 is 22.1 Å². The van der Waals surface area contributed by atoms with Crippen molar-refractivity contribution in [2.75, 3.05) is 18.2 Å². The monoisotopic (exact) mass is 179 g/mol. The average molecular weight is 179 g/mol. The van der Waals surface area contributed by atoms with Crippen LogP contribution in [0, 0.1) is 0 Å². The van der Waals surface area contributed by atoms with Crippen molar-refractivity contribution in [1.82, 2.24) is 0 Å². The third-order valence-corrected chi connectivity index (χ3v) is 3.46. The molecule has 0 spiro atoms. The quantitative estimate of drug-likeness (QED) is 0.422. The Hall–Kier alpha value is -0.740. The van der Waals surface area contributed by atoms with E-state index in [1.165, 1.54) is 6.08 Å². The zero-order valence-electron chi connectivity index (χ0n) is 5.58. The molecule has 6 heteroatoms. The van der Waals surface area contributed by atoms with Gasteiger partial charge in [0.2, 0.25) is 6.08 Å². The number of nitrogens with zero attached hydrogens (tertiary/aromatic N) is 1. The van der Waals surface area contributed by atoms with Crippen LogP contribution in [-0.4, -0.2) is 38.2 Å². The molecule has 0 N–H and O–H groups in total. The summed E-state index contributed by atoms with van der Waals surface area (Å²) < 4.78 is 33.2. The number of hydrogen-bond donors (Lipinski definition) is 0. The Morgan fingerprint density at radius 2 is 2.09 bits per heavy atom. The Morgan fingerprint density at radius 3 is 2.36 bits per heavy atom. The number of halogens is 1. The lowest BCUT2D eigenvalue weighted by Crippen LogP contribution is -2.55. The molecule has 0 saturated carbocycles. The second kappa shape index (κ2) is 2.39. The first-order chi connectivity index (χ1) is 5.04. The maximum absolute atomic E-state index is 12.1. The van der Waals surface area contributed by atoms with Gasteiger partial charge in [0.1, 0.15) is 12.2 Å². The minimum absolute atomic E-state index is 0.369. The van der Waals surface area contributed by atoms with Gasteiger partial charge in [-0.05, 0) is 0 Å². The van der Waals surface area contributed by atoms with Crippen LogP contribution in [0.4, 0.5) is 4.39 Å². The molecule has 0 aliphatic carbocycles. The highest BCUT2D eigenvalue weighted by Crippen LogP contribution is 2.27. The van der Waals surface area contributed by atoms with Gasteiger partial charge in [-0.3, -0.25) is 0 Å². The van der Waals surface area contributed by atoms with Gasteiger partial charge < -0.3 is 0 Å². The lowest BCUT2D eigenvalue weighted by molar-refractivity contribution is 0.334. The number of carbonyl (C=O) groups excluding carboxylic acids is 1. The first-order valence-corrected chi connectivity index (χ1v) is 4.71. The summed E-state index contributed by atoms with van der Waals surface area (Å²) >= 11 is 0. The smallest absolute Gasteiger partial charge is 0.235 e. The summed E-state index contributed by atoms with van der Waals surface area (Å²) in [5, 5.41) is 0. The van der Waals surface area contributed by atoms with Crippen LogP contribution in [0.3, 0.4) is 0 Å². The average Bonchev–Trinajstić information content (AvgIpc) is 1.84. The van der Waals surface area contributed by atoms with Crippen LogP contribution in [0.25, 0.3) is 0 Å². The molecule has 0 aromatic carbocycles. The topological polar surface area (TPSA) is 63.6 Å². The Labute approximate surface area is 63.0 Å². The van der Waals surface area contributed by atoms with E-state index in [2.05, 4.69) is 4.99 Å². The molecule has 1 aliphatic heterocycles. The van der Waals surface area contributed by atoms with Gasteiger partial charge in [-0.25, -0.2) is 17.6 Å². The van der Waals surface area contributed by atoms with Crippen molar-refractivity contribution in [2.24, 2.45) is 4.99 Å². The fourth-order valence-corrected chi connectivity index (χ4v) is 2.88. The van der Waals surface area contributed by atoms with E-state index in [4.69, 9.17) is 0 Å². The minimum Gasteiger partial charge on any atom is -0.248 e. The van der Waals surface area contributed by atoms with Crippen molar-refractivity contribution < 1.29 is 17.6 Å². The summed E-state index contributed by atoms with van der Waals surface area (Å²) in [4.78, 5) is 12.8. The van der Waals surface area contributed by atoms with Crippen LogP contribution in [0.15, 0.2) is 4.99 Å². The SMILES string of the molecule is O=C=NC1(CF)CS(=O)(=O)C1. The largest absolute Gasteiger partial charge is 0.248 e. The zero-order valence-corrected chi connectivity index (χ0v) is 6.40. The van der Waals surface area contributed by atoms with E-state index in [1.807, 2.05) is 0 Å². The van der Waals surface area contributed by atoms with Crippen molar-refractivity contribution >= 4 is 15.9 Å². The molecule has 0 unspecified atom stereocenters. The lowest BCUT2D eigenvalue weighted by Gasteiger charge is -2.32. The maximum atomic E-state index is 12.1. The van der Waals surface area contributed by atoms with Crippen LogP contribution in [-0.2, 0) is 14.6 Å². The summed E-state index contributed by atoms with van der Waals surface area (Å²) in [6, 6.07) is 0. The number of sulfone groups is 1. The molecular weight excluding hydrogens is 173 g/mol. The van der Waals surface area contributed by atoms with Gasteiger partial charge in [0.25, 0.3) is 0 Å². The van der Waals surface area contributed by atoms with Gasteiger partial charge >= 0.3 is 0 Å². The highest BCUT2D eigenvalue weighted by atomic mass is 32.2. The number of alkyl halides is 1. The Morgan fingerprint density at radius 1 is 1.55 bits per heavy atom. The summed E-state index contributed by atoms with van der Waals surface area (Å²) in [7, 11) is -3.14. The molecular formula is C5H6FNO3S. The number of rotatable bonds is 2. The Balaban J connectivity index is 2.79. The Bertz CT molecular complexity index is 292. The molecule has 1 rings (SSSR count). The summed E-state index contributed by atoms with van der Waals surface area (Å²) in [6.07, 6.45) is 1.17. The number of hydrogen-bond acceptors (Lipinski definition) is 4. The standard InChI is InChI=1S/C5H6FNO3S/c6-1-5(7-4-8)2-11(9,10)3-5/h1-3H2. The van der Waals surface area contributed by atoms with Gasteiger partial charge in [0, 0.05) is 0 Å². The molecule has 0 aromatic rings. The maximum Gasteiger partial charge on any atom is 0.235 e. The van der Waals surface area contributed by atoms with E-state index in [0.717, 1.165) is 0 Å². The third-order valence-electron chi connectivity index (χ3n) is 1.51. The van der Waals surface area contributed by atoms with E-state index in [9.17, 15) is 17.6 Å². The van der Waals surface area contributed by atoms with Gasteiger partial charge in [-0.15, -0.1) is 0 Å². The highest BCUT2D eigenvalue weighted by Gasteiger charge is 2.49. The van der Waals surface area contributed by atoms with E-state index in [-0.39, 0.29) is 11.5 Å². The fourth-order valence-electron chi connectivity index (χ4n) is 1.04. The normalized spacial score (nSPS) is 24.8. The van der Waals surface area contributed by atoms with Gasteiger partial charge in [0.15, 0.2) is 9.84 Å². The van der Waals surface area contributed by atoms with E-state index in [1.54, 1.807) is 0 Å². The van der Waals surface area contributed by atoms with Crippen molar-refractivity contribution in [2.45, 2.75) is 5.54 Å². The van der Waals surface area contributed by atoms with Crippen LogP contribution >= 0.6 is 0 Å². The number of isocyanates is 1. The molecule has 0 amide bonds. The molecule has 4 nitrogen and oxygen atoms in total. The van der Waals surface area contributed by atoms with Gasteiger partial charge in [-0.2, -0.15) is 4.99 Å². The summed E-state index contributed by atoms with van der Waals surface area (Å²) in [5.74, 6) is -0.739. The second-order valence-corrected chi connectivity index (χ2v) is 4.66. The molecule has 0 aromatic heterocycles. The summed E-state index contributed by atoms with van der Waals surface area (Å²) in [6.45, 7) is -0.915. The molecule has 11 heavy (non-hydrogen) atoms. The third kappa shape index (κ3) is 1.46. The van der Waals surface area contributed by atoms with Crippen molar-refractivity contribution in [1.29, 1.82) is 0 Å². The zero-order chi connectivity index (χ0) is 8.54. The highest BCUT2D eigenvalue weighted by molar-refractivity contribution is 7.93. The summed E-state index contributed by atoms with van der Waals surface area (Å²) in [5.41, 5.74) is -1.30. The molecule has 62 valence electrons. The first kappa shape index (κ1) is 8.36. The minimum atomic E-state index is -3.14. The molecule has 1 aliphatic rings. The second-order valence-electron chi connectivity index (χ2n) is 2.59. The van der Waals surface area contributed by atoms with Crippen LogP contribution in [0.2, 0.25) is 0 Å². The molecule has 0 radical (unpaired) electrons. The van der Waals surface area contributed by atoms with Gasteiger partial charge in [-0.1, -0.05) is 0 Å². The van der Waals surface area contributed by atoms with Crippen LogP contribution in [0.5, 0.6) is 0 Å². The number of aliphatic imine (C=N–C) groups is 1. The molecule has 0 atom stereocenters. The molecule has 0 bridgehead atoms. The fraction of sp³-hybridized carbons (Fsp3) is 0.800. The Kier molecular flexibility index (Phi) is 1.82. The molecule has 1 saturated heterocycles. The lowest BCUT2D eigenvalue weighted by atomic mass is 10.1. The van der Waals surface area contributed by atoms with Crippen molar-refractivity contribution in [3.63, 3.8) is 0 Å². The van der Waals surface area contributed by atoms with Gasteiger partial charge in [0.05, 0.1) is 11.5 Å².